The van der Waals surface area contributed by atoms with E-state index in [0.29, 0.717) is 5.02 Å². The van der Waals surface area contributed by atoms with Crippen LogP contribution in [0.5, 0.6) is 0 Å². The molecule has 0 aromatic carbocycles. The Morgan fingerprint density at radius 2 is 2.31 bits per heavy atom. The van der Waals surface area contributed by atoms with Gasteiger partial charge in [0, 0.05) is 11.6 Å². The molecule has 0 aliphatic carbocycles. The van der Waals surface area contributed by atoms with Crippen LogP contribution in [0.15, 0.2) is 23.7 Å². The monoisotopic (exact) mass is 228 g/mol. The van der Waals surface area contributed by atoms with E-state index >= 15 is 0 Å². The number of rotatable bonds is 1. The molecule has 2 heterocycles. The van der Waals surface area contributed by atoms with E-state index in [1.165, 1.54) is 11.3 Å². The Bertz CT molecular complexity index is 457. The third kappa shape index (κ3) is 1.96. The standard InChI is InChI=1S/C8H5ClN2S2/c9-5-1-2-6(10-3-5)7-4-13-8(12)11-7/h1-4H,(H,11,12). The minimum absolute atomic E-state index is 0.637. The highest BCUT2D eigenvalue weighted by molar-refractivity contribution is 7.73. The van der Waals surface area contributed by atoms with Crippen molar-refractivity contribution in [2.24, 2.45) is 0 Å². The van der Waals surface area contributed by atoms with Gasteiger partial charge in [-0.3, -0.25) is 4.98 Å². The smallest absolute Gasteiger partial charge is 0.158 e. The minimum atomic E-state index is 0.637. The lowest BCUT2D eigenvalue weighted by Crippen LogP contribution is -1.81. The van der Waals surface area contributed by atoms with Gasteiger partial charge in [-0.2, -0.15) is 0 Å². The van der Waals surface area contributed by atoms with Crippen LogP contribution in [0.3, 0.4) is 0 Å². The summed E-state index contributed by atoms with van der Waals surface area (Å²) < 4.78 is 0.756. The maximum absolute atomic E-state index is 5.71. The fourth-order valence-corrected chi connectivity index (χ4v) is 1.88. The van der Waals surface area contributed by atoms with Crippen molar-refractivity contribution in [3.8, 4) is 11.4 Å². The quantitative estimate of drug-likeness (QED) is 0.757. The highest BCUT2D eigenvalue weighted by Crippen LogP contribution is 2.18. The minimum Gasteiger partial charge on any atom is -0.336 e. The Morgan fingerprint density at radius 3 is 2.85 bits per heavy atom. The molecule has 0 atom stereocenters. The van der Waals surface area contributed by atoms with Crippen LogP contribution in [0, 0.1) is 3.95 Å². The van der Waals surface area contributed by atoms with Crippen molar-refractivity contribution in [1.82, 2.24) is 9.97 Å². The van der Waals surface area contributed by atoms with E-state index in [0.717, 1.165) is 15.3 Å². The molecule has 0 saturated carbocycles. The van der Waals surface area contributed by atoms with Gasteiger partial charge in [-0.15, -0.1) is 11.3 Å². The number of pyridine rings is 1. The van der Waals surface area contributed by atoms with Crippen LogP contribution in [-0.2, 0) is 0 Å². The van der Waals surface area contributed by atoms with E-state index < -0.39 is 0 Å². The molecule has 2 aromatic heterocycles. The van der Waals surface area contributed by atoms with Crippen LogP contribution in [0.2, 0.25) is 5.02 Å². The number of hydrogen-bond donors (Lipinski definition) is 1. The summed E-state index contributed by atoms with van der Waals surface area (Å²) in [5.74, 6) is 0. The fraction of sp³-hybridized carbons (Fsp3) is 0. The van der Waals surface area contributed by atoms with Gasteiger partial charge in [0.1, 0.15) is 0 Å². The van der Waals surface area contributed by atoms with Gasteiger partial charge in [0.25, 0.3) is 0 Å². The van der Waals surface area contributed by atoms with Crippen molar-refractivity contribution in [2.75, 3.05) is 0 Å². The zero-order valence-corrected chi connectivity index (χ0v) is 8.84. The molecule has 2 rings (SSSR count). The van der Waals surface area contributed by atoms with Crippen LogP contribution >= 0.6 is 35.2 Å². The topological polar surface area (TPSA) is 28.7 Å². The predicted molar refractivity (Wildman–Crippen MR) is 57.7 cm³/mol. The molecule has 2 nitrogen and oxygen atoms in total. The molecule has 66 valence electrons. The van der Waals surface area contributed by atoms with Gasteiger partial charge >= 0.3 is 0 Å². The summed E-state index contributed by atoms with van der Waals surface area (Å²) >= 11 is 12.2. The maximum Gasteiger partial charge on any atom is 0.158 e. The summed E-state index contributed by atoms with van der Waals surface area (Å²) in [5, 5.41) is 2.58. The molecule has 0 radical (unpaired) electrons. The highest BCUT2D eigenvalue weighted by atomic mass is 35.5. The molecule has 1 N–H and O–H groups in total. The van der Waals surface area contributed by atoms with Gasteiger partial charge in [-0.25, -0.2) is 0 Å². The summed E-state index contributed by atoms with van der Waals surface area (Å²) in [7, 11) is 0. The third-order valence-electron chi connectivity index (χ3n) is 1.52. The predicted octanol–water partition coefficient (Wildman–Crippen LogP) is 3.52. The average Bonchev–Trinajstić information content (AvgIpc) is 2.53. The summed E-state index contributed by atoms with van der Waals surface area (Å²) in [5.41, 5.74) is 1.79. The Hall–Kier alpha value is -0.710. The molecule has 0 saturated heterocycles. The molecule has 5 heteroatoms. The molecule has 0 unspecified atom stereocenters. The van der Waals surface area contributed by atoms with Crippen LogP contribution in [0.4, 0.5) is 0 Å². The fourth-order valence-electron chi connectivity index (χ4n) is 0.941. The zero-order valence-electron chi connectivity index (χ0n) is 6.45. The van der Waals surface area contributed by atoms with Crippen molar-refractivity contribution in [1.29, 1.82) is 0 Å². The highest BCUT2D eigenvalue weighted by Gasteiger charge is 1.99. The number of aromatic nitrogens is 2. The van der Waals surface area contributed by atoms with Crippen LogP contribution < -0.4 is 0 Å². The number of H-pyrrole nitrogens is 1. The Kier molecular flexibility index (Phi) is 2.44. The van der Waals surface area contributed by atoms with E-state index in [-0.39, 0.29) is 0 Å². The molecule has 13 heavy (non-hydrogen) atoms. The second-order valence-corrected chi connectivity index (χ2v) is 4.41. The Labute approximate surface area is 89.2 Å². The van der Waals surface area contributed by atoms with E-state index in [1.807, 2.05) is 11.4 Å². The van der Waals surface area contributed by atoms with Gasteiger partial charge in [0.05, 0.1) is 16.4 Å². The van der Waals surface area contributed by atoms with Gasteiger partial charge in [0.15, 0.2) is 3.95 Å². The Balaban J connectivity index is 2.47. The molecule has 0 spiro atoms. The maximum atomic E-state index is 5.71. The average molecular weight is 229 g/mol. The van der Waals surface area contributed by atoms with Gasteiger partial charge in [-0.1, -0.05) is 11.6 Å². The van der Waals surface area contributed by atoms with Gasteiger partial charge in [0.2, 0.25) is 0 Å². The molecular weight excluding hydrogens is 224 g/mol. The molecule has 0 fully saturated rings. The molecule has 2 aromatic rings. The summed E-state index contributed by atoms with van der Waals surface area (Å²) in [6.07, 6.45) is 1.62. The summed E-state index contributed by atoms with van der Waals surface area (Å²) in [4.78, 5) is 7.20. The third-order valence-corrected chi connectivity index (χ3v) is 2.81. The lowest BCUT2D eigenvalue weighted by atomic mass is 10.3. The van der Waals surface area contributed by atoms with Crippen molar-refractivity contribution >= 4 is 35.2 Å². The number of halogens is 1. The first-order valence-corrected chi connectivity index (χ1v) is 5.22. The Morgan fingerprint density at radius 1 is 1.46 bits per heavy atom. The van der Waals surface area contributed by atoms with E-state index in [1.54, 1.807) is 12.3 Å². The van der Waals surface area contributed by atoms with Crippen LogP contribution in [-0.4, -0.2) is 9.97 Å². The number of nitrogens with zero attached hydrogens (tertiary/aromatic N) is 1. The second-order valence-electron chi connectivity index (χ2n) is 2.42. The van der Waals surface area contributed by atoms with E-state index in [2.05, 4.69) is 9.97 Å². The molecule has 0 aliphatic rings. The first-order valence-electron chi connectivity index (χ1n) is 3.55. The van der Waals surface area contributed by atoms with Crippen LogP contribution in [0.25, 0.3) is 11.4 Å². The number of nitrogens with one attached hydrogen (secondary N) is 1. The summed E-state index contributed by atoms with van der Waals surface area (Å²) in [6, 6.07) is 3.66. The van der Waals surface area contributed by atoms with Crippen molar-refractivity contribution in [3.05, 3.63) is 32.7 Å². The first-order chi connectivity index (χ1) is 6.25. The summed E-state index contributed by atoms with van der Waals surface area (Å²) in [6.45, 7) is 0. The number of thiazole rings is 1. The second kappa shape index (κ2) is 3.57. The number of hydrogen-bond acceptors (Lipinski definition) is 3. The number of aromatic amines is 1. The SMILES string of the molecule is S=c1[nH]c(-c2ccc(Cl)cn2)cs1. The zero-order chi connectivity index (χ0) is 9.26. The normalized spacial score (nSPS) is 10.2. The lowest BCUT2D eigenvalue weighted by molar-refractivity contribution is 1.27. The molecule has 0 bridgehead atoms. The van der Waals surface area contributed by atoms with Crippen LogP contribution in [0.1, 0.15) is 0 Å². The van der Waals surface area contributed by atoms with E-state index in [9.17, 15) is 0 Å². The molecular formula is C8H5ClN2S2. The largest absolute Gasteiger partial charge is 0.336 e. The van der Waals surface area contributed by atoms with Crippen molar-refractivity contribution in [2.45, 2.75) is 0 Å². The lowest BCUT2D eigenvalue weighted by Gasteiger charge is -1.94. The molecule has 0 aliphatic heterocycles. The molecule has 0 amide bonds. The van der Waals surface area contributed by atoms with E-state index in [4.69, 9.17) is 23.8 Å². The van der Waals surface area contributed by atoms with Gasteiger partial charge < -0.3 is 4.98 Å². The van der Waals surface area contributed by atoms with Gasteiger partial charge in [-0.05, 0) is 24.4 Å². The van der Waals surface area contributed by atoms with Crippen molar-refractivity contribution < 1.29 is 0 Å². The first kappa shape index (κ1) is 8.87. The van der Waals surface area contributed by atoms with Crippen molar-refractivity contribution in [3.63, 3.8) is 0 Å².